The number of fused-ring (bicyclic) bond motifs is 1. The van der Waals surface area contributed by atoms with Crippen molar-refractivity contribution in [3.05, 3.63) is 82.3 Å². The SMILES string of the molecule is CCOC(=O)N1CCN(S(=O)(=O)c2ccc(C(=O)N(/N=C/c3ccc(OCC)cc3)c3nc4ccc(Br)cc4s3)cc2)CC1. The van der Waals surface area contributed by atoms with E-state index in [-0.39, 0.29) is 43.2 Å². The first-order valence-corrected chi connectivity index (χ1v) is 16.9. The second kappa shape index (κ2) is 13.8. The van der Waals surface area contributed by atoms with Gasteiger partial charge in [-0.05, 0) is 86.1 Å². The Kier molecular flexibility index (Phi) is 9.93. The van der Waals surface area contributed by atoms with Crippen LogP contribution >= 0.6 is 27.3 Å². The van der Waals surface area contributed by atoms with Gasteiger partial charge in [-0.2, -0.15) is 14.4 Å². The van der Waals surface area contributed by atoms with Gasteiger partial charge in [0.05, 0.1) is 34.5 Å². The van der Waals surface area contributed by atoms with E-state index in [4.69, 9.17) is 9.47 Å². The number of aromatic nitrogens is 1. The van der Waals surface area contributed by atoms with Gasteiger partial charge >= 0.3 is 6.09 Å². The van der Waals surface area contributed by atoms with Gasteiger partial charge in [-0.3, -0.25) is 4.79 Å². The number of thiazole rings is 1. The number of benzene rings is 3. The van der Waals surface area contributed by atoms with E-state index in [2.05, 4.69) is 26.0 Å². The molecule has 0 atom stereocenters. The number of rotatable bonds is 9. The Morgan fingerprint density at radius 2 is 1.70 bits per heavy atom. The fraction of sp³-hybridized carbons (Fsp3) is 0.267. The Morgan fingerprint density at radius 1 is 1.00 bits per heavy atom. The second-order valence-corrected chi connectivity index (χ2v) is 13.4. The number of halogens is 1. The highest BCUT2D eigenvalue weighted by Gasteiger charge is 2.31. The van der Waals surface area contributed by atoms with E-state index in [0.29, 0.717) is 17.3 Å². The van der Waals surface area contributed by atoms with Crippen LogP contribution in [0.15, 0.2) is 81.2 Å². The zero-order chi connectivity index (χ0) is 31.3. The van der Waals surface area contributed by atoms with Crippen LogP contribution in [0.3, 0.4) is 0 Å². The smallest absolute Gasteiger partial charge is 0.409 e. The summed E-state index contributed by atoms with van der Waals surface area (Å²) in [4.78, 5) is 32.0. The van der Waals surface area contributed by atoms with Crippen molar-refractivity contribution < 1.29 is 27.5 Å². The molecule has 230 valence electrons. The molecular formula is C30H30BrN5O6S2. The van der Waals surface area contributed by atoms with Crippen molar-refractivity contribution in [3.63, 3.8) is 0 Å². The van der Waals surface area contributed by atoms with E-state index in [9.17, 15) is 18.0 Å². The normalized spacial score (nSPS) is 14.2. The molecule has 3 aromatic carbocycles. The van der Waals surface area contributed by atoms with Gasteiger partial charge in [0, 0.05) is 36.2 Å². The molecule has 0 N–H and O–H groups in total. The summed E-state index contributed by atoms with van der Waals surface area (Å²) in [5.74, 6) is 0.252. The molecule has 44 heavy (non-hydrogen) atoms. The van der Waals surface area contributed by atoms with E-state index in [1.807, 2.05) is 49.4 Å². The first kappa shape index (κ1) is 31.6. The quantitative estimate of drug-likeness (QED) is 0.165. The lowest BCUT2D eigenvalue weighted by molar-refractivity contribution is 0.0933. The molecule has 0 spiro atoms. The molecule has 1 saturated heterocycles. The standard InChI is InChI=1S/C30H30BrN5O6S2/c1-3-41-24-10-5-21(6-11-24)20-32-36(29-33-26-14-9-23(31)19-27(26)43-29)28(37)22-7-12-25(13-8-22)44(39,40)35-17-15-34(16-18-35)30(38)42-4-2/h5-14,19-20H,3-4,15-18H2,1-2H3/b32-20+. The van der Waals surface area contributed by atoms with Gasteiger partial charge in [0.1, 0.15) is 5.75 Å². The van der Waals surface area contributed by atoms with Crippen molar-refractivity contribution in [3.8, 4) is 5.75 Å². The Bertz CT molecular complexity index is 1770. The fourth-order valence-electron chi connectivity index (χ4n) is 4.47. The monoisotopic (exact) mass is 699 g/mol. The van der Waals surface area contributed by atoms with Crippen LogP contribution in [0.5, 0.6) is 5.75 Å². The van der Waals surface area contributed by atoms with Crippen LogP contribution in [0, 0.1) is 0 Å². The number of anilines is 1. The summed E-state index contributed by atoms with van der Waals surface area (Å²) in [5.41, 5.74) is 1.70. The van der Waals surface area contributed by atoms with Crippen molar-refractivity contribution in [1.29, 1.82) is 0 Å². The van der Waals surface area contributed by atoms with Crippen molar-refractivity contribution in [2.75, 3.05) is 44.4 Å². The second-order valence-electron chi connectivity index (χ2n) is 9.59. The highest BCUT2D eigenvalue weighted by atomic mass is 79.9. The Morgan fingerprint density at radius 3 is 2.36 bits per heavy atom. The molecule has 0 radical (unpaired) electrons. The van der Waals surface area contributed by atoms with E-state index in [0.717, 1.165) is 20.5 Å². The van der Waals surface area contributed by atoms with Crippen LogP contribution in [-0.4, -0.2) is 80.2 Å². The van der Waals surface area contributed by atoms with E-state index >= 15 is 0 Å². The Hall–Kier alpha value is -3.85. The van der Waals surface area contributed by atoms with Crippen LogP contribution < -0.4 is 9.75 Å². The topological polar surface area (TPSA) is 122 Å². The maximum Gasteiger partial charge on any atom is 0.409 e. The van der Waals surface area contributed by atoms with Gasteiger partial charge in [-0.15, -0.1) is 0 Å². The molecule has 2 heterocycles. The summed E-state index contributed by atoms with van der Waals surface area (Å²) in [6, 6.07) is 18.7. The molecule has 1 aromatic heterocycles. The molecule has 0 bridgehead atoms. The van der Waals surface area contributed by atoms with E-state index in [1.165, 1.54) is 49.8 Å². The number of hydrogen-bond donors (Lipinski definition) is 0. The first-order chi connectivity index (χ1) is 21.2. The van der Waals surface area contributed by atoms with Crippen LogP contribution in [-0.2, 0) is 14.8 Å². The number of hydrazone groups is 1. The fourth-order valence-corrected chi connectivity index (χ4v) is 7.37. The number of sulfonamides is 1. The summed E-state index contributed by atoms with van der Waals surface area (Å²) >= 11 is 4.78. The predicted molar refractivity (Wildman–Crippen MR) is 173 cm³/mol. The molecule has 0 unspecified atom stereocenters. The van der Waals surface area contributed by atoms with Crippen LogP contribution in [0.1, 0.15) is 29.8 Å². The van der Waals surface area contributed by atoms with Gasteiger partial charge < -0.3 is 14.4 Å². The lowest BCUT2D eigenvalue weighted by atomic mass is 10.2. The lowest BCUT2D eigenvalue weighted by Crippen LogP contribution is -2.50. The number of piperazine rings is 1. The van der Waals surface area contributed by atoms with Crippen LogP contribution in [0.25, 0.3) is 10.2 Å². The van der Waals surface area contributed by atoms with Crippen molar-refractivity contribution >= 4 is 70.9 Å². The molecule has 0 aliphatic carbocycles. The minimum Gasteiger partial charge on any atom is -0.494 e. The largest absolute Gasteiger partial charge is 0.494 e. The molecule has 5 rings (SSSR count). The molecular weight excluding hydrogens is 670 g/mol. The van der Waals surface area contributed by atoms with Gasteiger partial charge in [0.2, 0.25) is 15.2 Å². The molecule has 4 aromatic rings. The number of carbonyl (C=O) groups excluding carboxylic acids is 2. The minimum absolute atomic E-state index is 0.0490. The van der Waals surface area contributed by atoms with E-state index < -0.39 is 22.0 Å². The molecule has 14 heteroatoms. The third-order valence-corrected chi connectivity index (χ3v) is 10.1. The summed E-state index contributed by atoms with van der Waals surface area (Å²) in [7, 11) is -3.84. The summed E-state index contributed by atoms with van der Waals surface area (Å²) < 4.78 is 40.3. The molecule has 1 fully saturated rings. The Labute approximate surface area is 267 Å². The van der Waals surface area contributed by atoms with Gasteiger partial charge in [-0.1, -0.05) is 27.3 Å². The van der Waals surface area contributed by atoms with E-state index in [1.54, 1.807) is 13.1 Å². The number of ether oxygens (including phenoxy) is 2. The highest BCUT2D eigenvalue weighted by molar-refractivity contribution is 9.10. The van der Waals surface area contributed by atoms with Crippen molar-refractivity contribution in [2.24, 2.45) is 5.10 Å². The van der Waals surface area contributed by atoms with Gasteiger partial charge in [0.25, 0.3) is 5.91 Å². The number of nitrogens with zero attached hydrogens (tertiary/aromatic N) is 5. The molecule has 0 saturated carbocycles. The predicted octanol–water partition coefficient (Wildman–Crippen LogP) is 5.60. The van der Waals surface area contributed by atoms with Crippen LogP contribution in [0.2, 0.25) is 0 Å². The van der Waals surface area contributed by atoms with Crippen molar-refractivity contribution in [2.45, 2.75) is 18.7 Å². The molecule has 2 amide bonds. The molecule has 11 nitrogen and oxygen atoms in total. The maximum absolute atomic E-state index is 13.8. The average molecular weight is 701 g/mol. The summed E-state index contributed by atoms with van der Waals surface area (Å²) in [6.45, 7) is 5.18. The molecule has 1 aliphatic rings. The zero-order valence-electron chi connectivity index (χ0n) is 24.1. The third kappa shape index (κ3) is 7.09. The number of hydrogen-bond acceptors (Lipinski definition) is 9. The minimum atomic E-state index is -3.84. The zero-order valence-corrected chi connectivity index (χ0v) is 27.3. The summed E-state index contributed by atoms with van der Waals surface area (Å²) in [6.07, 6.45) is 1.10. The number of carbonyl (C=O) groups is 2. The third-order valence-electron chi connectivity index (χ3n) is 6.73. The lowest BCUT2D eigenvalue weighted by Gasteiger charge is -2.33. The van der Waals surface area contributed by atoms with Crippen molar-refractivity contribution in [1.82, 2.24) is 14.2 Å². The highest BCUT2D eigenvalue weighted by Crippen LogP contribution is 2.32. The average Bonchev–Trinajstić information content (AvgIpc) is 3.45. The molecule has 1 aliphatic heterocycles. The van der Waals surface area contributed by atoms with Crippen LogP contribution in [0.4, 0.5) is 9.93 Å². The van der Waals surface area contributed by atoms with Gasteiger partial charge in [-0.25, -0.2) is 18.2 Å². The first-order valence-electron chi connectivity index (χ1n) is 13.9. The van der Waals surface area contributed by atoms with Gasteiger partial charge in [0.15, 0.2) is 0 Å². The number of amides is 2. The Balaban J connectivity index is 1.38. The summed E-state index contributed by atoms with van der Waals surface area (Å²) in [5, 5.41) is 6.08. The maximum atomic E-state index is 13.8.